The molecule has 40 heavy (non-hydrogen) atoms. The van der Waals surface area contributed by atoms with Crippen LogP contribution in [0.1, 0.15) is 46.6 Å². The number of carbonyl (C=O) groups is 1. The molecule has 1 N–H and O–H groups in total. The smallest absolute Gasteiger partial charge is 0.322 e. The maximum Gasteiger partial charge on any atom is 0.322 e. The van der Waals surface area contributed by atoms with Crippen molar-refractivity contribution in [3.05, 3.63) is 125 Å². The Morgan fingerprint density at radius 2 is 1.80 bits per heavy atom. The normalized spacial score (nSPS) is 14.3. The predicted octanol–water partition coefficient (Wildman–Crippen LogP) is 7.12. The number of nitrogens with zero attached hydrogens (tertiary/aromatic N) is 4. The van der Waals surface area contributed by atoms with Crippen molar-refractivity contribution in [1.82, 2.24) is 19.2 Å². The van der Waals surface area contributed by atoms with E-state index in [1.165, 1.54) is 0 Å². The van der Waals surface area contributed by atoms with Crippen LogP contribution in [0.3, 0.4) is 0 Å². The molecule has 5 aromatic rings. The highest BCUT2D eigenvalue weighted by Gasteiger charge is 2.36. The van der Waals surface area contributed by atoms with Crippen LogP contribution in [-0.4, -0.2) is 31.9 Å². The number of amides is 2. The first-order chi connectivity index (χ1) is 19.4. The number of nitrogens with one attached hydrogen (secondary N) is 1. The number of rotatable bonds is 5. The quantitative estimate of drug-likeness (QED) is 0.263. The molecule has 0 saturated heterocycles. The zero-order chi connectivity index (χ0) is 27.8. The number of urea groups is 1. The highest BCUT2D eigenvalue weighted by atomic mass is 16.5. The molecule has 0 fully saturated rings. The second-order valence-corrected chi connectivity index (χ2v) is 10.2. The van der Waals surface area contributed by atoms with E-state index in [1.807, 2.05) is 85.0 Å². The van der Waals surface area contributed by atoms with E-state index >= 15 is 0 Å². The van der Waals surface area contributed by atoms with Crippen molar-refractivity contribution in [3.8, 4) is 17.3 Å². The van der Waals surface area contributed by atoms with E-state index in [0.29, 0.717) is 13.2 Å². The first-order valence-electron chi connectivity index (χ1n) is 13.6. The van der Waals surface area contributed by atoms with Gasteiger partial charge in [0.1, 0.15) is 11.6 Å². The molecule has 0 radical (unpaired) electrons. The van der Waals surface area contributed by atoms with E-state index in [4.69, 9.17) is 9.84 Å². The molecule has 7 nitrogen and oxygen atoms in total. The number of ether oxygens (including phenoxy) is 1. The lowest BCUT2D eigenvalue weighted by molar-refractivity contribution is 0.194. The van der Waals surface area contributed by atoms with E-state index < -0.39 is 0 Å². The lowest BCUT2D eigenvalue weighted by Crippen LogP contribution is -2.38. The van der Waals surface area contributed by atoms with Crippen molar-refractivity contribution in [3.63, 3.8) is 0 Å². The molecule has 2 aromatic heterocycles. The average molecular weight is 532 g/mol. The highest BCUT2D eigenvalue weighted by Crippen LogP contribution is 2.39. The number of hydrogen-bond acceptors (Lipinski definition) is 3. The summed E-state index contributed by atoms with van der Waals surface area (Å²) in [5.74, 6) is 1.72. The zero-order valence-corrected chi connectivity index (χ0v) is 23.3. The van der Waals surface area contributed by atoms with Gasteiger partial charge in [-0.2, -0.15) is 5.10 Å². The average Bonchev–Trinajstić information content (AvgIpc) is 3.51. The SMILES string of the molecule is CCOc1cccc(C2c3cccn3-c3c(c(C)nn3-c3ccccc3)CN2C(=O)Nc2ccc(C)cc2C)c1. The van der Waals surface area contributed by atoms with Gasteiger partial charge in [0.2, 0.25) is 0 Å². The largest absolute Gasteiger partial charge is 0.494 e. The molecule has 0 spiro atoms. The number of aryl methyl sites for hydroxylation is 3. The molecule has 6 rings (SSSR count). The summed E-state index contributed by atoms with van der Waals surface area (Å²) in [5.41, 5.74) is 7.78. The van der Waals surface area contributed by atoms with Gasteiger partial charge in [-0.1, -0.05) is 48.0 Å². The number of para-hydroxylation sites is 1. The van der Waals surface area contributed by atoms with E-state index in [9.17, 15) is 4.79 Å². The van der Waals surface area contributed by atoms with Gasteiger partial charge in [0.25, 0.3) is 0 Å². The number of anilines is 1. The maximum absolute atomic E-state index is 14.2. The van der Waals surface area contributed by atoms with E-state index in [0.717, 1.165) is 56.6 Å². The van der Waals surface area contributed by atoms with Gasteiger partial charge in [0.15, 0.2) is 0 Å². The summed E-state index contributed by atoms with van der Waals surface area (Å²) >= 11 is 0. The van der Waals surface area contributed by atoms with Crippen LogP contribution in [0, 0.1) is 20.8 Å². The topological polar surface area (TPSA) is 64.3 Å². The van der Waals surface area contributed by atoms with E-state index in [1.54, 1.807) is 0 Å². The predicted molar refractivity (Wildman–Crippen MR) is 158 cm³/mol. The third-order valence-corrected chi connectivity index (χ3v) is 7.46. The van der Waals surface area contributed by atoms with Crippen molar-refractivity contribution < 1.29 is 9.53 Å². The second-order valence-electron chi connectivity index (χ2n) is 10.2. The van der Waals surface area contributed by atoms with Gasteiger partial charge in [0, 0.05) is 17.4 Å². The highest BCUT2D eigenvalue weighted by molar-refractivity contribution is 5.91. The van der Waals surface area contributed by atoms with Gasteiger partial charge in [0.05, 0.1) is 36.3 Å². The van der Waals surface area contributed by atoms with Crippen molar-refractivity contribution in [2.75, 3.05) is 11.9 Å². The summed E-state index contributed by atoms with van der Waals surface area (Å²) < 4.78 is 10.0. The fourth-order valence-electron chi connectivity index (χ4n) is 5.58. The Hall–Kier alpha value is -4.78. The molecule has 1 aliphatic rings. The van der Waals surface area contributed by atoms with Crippen LogP contribution in [0.25, 0.3) is 11.5 Å². The summed E-state index contributed by atoms with van der Waals surface area (Å²) in [7, 11) is 0. The second kappa shape index (κ2) is 10.4. The lowest BCUT2D eigenvalue weighted by atomic mass is 10.0. The van der Waals surface area contributed by atoms with E-state index in [2.05, 4.69) is 53.3 Å². The minimum Gasteiger partial charge on any atom is -0.494 e. The van der Waals surface area contributed by atoms with Crippen LogP contribution < -0.4 is 10.1 Å². The minimum atomic E-state index is -0.364. The van der Waals surface area contributed by atoms with Crippen LogP contribution in [0.15, 0.2) is 91.1 Å². The molecule has 0 aliphatic carbocycles. The monoisotopic (exact) mass is 531 g/mol. The first-order valence-corrected chi connectivity index (χ1v) is 13.6. The fourth-order valence-corrected chi connectivity index (χ4v) is 5.58. The molecular weight excluding hydrogens is 498 g/mol. The number of aromatic nitrogens is 3. The Balaban J connectivity index is 1.53. The maximum atomic E-state index is 14.2. The van der Waals surface area contributed by atoms with Crippen LogP contribution in [-0.2, 0) is 6.54 Å². The molecule has 7 heteroatoms. The standard InChI is InChI=1S/C33H33N5O2/c1-5-40-27-14-9-11-25(20-27)31-30-15-10-18-36(30)32-28(24(4)35-38(32)26-12-7-6-8-13-26)21-37(31)33(39)34-29-17-16-22(2)19-23(29)3/h6-20,31H,5,21H2,1-4H3,(H,34,39). The van der Waals surface area contributed by atoms with Gasteiger partial charge in [-0.05, 0) is 81.3 Å². The first kappa shape index (κ1) is 25.5. The zero-order valence-electron chi connectivity index (χ0n) is 23.3. The van der Waals surface area contributed by atoms with Crippen molar-refractivity contribution >= 4 is 11.7 Å². The molecule has 1 atom stereocenters. The Labute approximate surface area is 234 Å². The Kier molecular flexibility index (Phi) is 6.64. The summed E-state index contributed by atoms with van der Waals surface area (Å²) in [6, 6.07) is 27.8. The van der Waals surface area contributed by atoms with Gasteiger partial charge in [-0.25, -0.2) is 9.48 Å². The molecule has 2 amide bonds. The third-order valence-electron chi connectivity index (χ3n) is 7.46. The van der Waals surface area contributed by atoms with E-state index in [-0.39, 0.29) is 12.1 Å². The summed E-state index contributed by atoms with van der Waals surface area (Å²) in [6.45, 7) is 9.01. The van der Waals surface area contributed by atoms with Gasteiger partial charge >= 0.3 is 6.03 Å². The molecule has 3 heterocycles. The number of carbonyl (C=O) groups excluding carboxylic acids is 1. The van der Waals surface area contributed by atoms with Crippen LogP contribution >= 0.6 is 0 Å². The van der Waals surface area contributed by atoms with Crippen LogP contribution in [0.4, 0.5) is 10.5 Å². The molecule has 3 aromatic carbocycles. The van der Waals surface area contributed by atoms with Crippen LogP contribution in [0.2, 0.25) is 0 Å². The number of fused-ring (bicyclic) bond motifs is 3. The van der Waals surface area contributed by atoms with Gasteiger partial charge < -0.3 is 19.5 Å². The third kappa shape index (κ3) is 4.53. The Morgan fingerprint density at radius 1 is 0.975 bits per heavy atom. The molecule has 1 aliphatic heterocycles. The van der Waals surface area contributed by atoms with Gasteiger partial charge in [-0.15, -0.1) is 0 Å². The Bertz CT molecular complexity index is 1680. The van der Waals surface area contributed by atoms with Crippen LogP contribution in [0.5, 0.6) is 5.75 Å². The van der Waals surface area contributed by atoms with Crippen molar-refractivity contribution in [2.45, 2.75) is 40.3 Å². The molecule has 202 valence electrons. The lowest BCUT2D eigenvalue weighted by Gasteiger charge is -2.31. The number of hydrogen-bond donors (Lipinski definition) is 1. The van der Waals surface area contributed by atoms with Crippen molar-refractivity contribution in [2.24, 2.45) is 0 Å². The van der Waals surface area contributed by atoms with Gasteiger partial charge in [-0.3, -0.25) is 0 Å². The fraction of sp³-hybridized carbons (Fsp3) is 0.212. The van der Waals surface area contributed by atoms with Crippen molar-refractivity contribution in [1.29, 1.82) is 0 Å². The molecule has 0 saturated carbocycles. The summed E-state index contributed by atoms with van der Waals surface area (Å²) in [4.78, 5) is 16.1. The summed E-state index contributed by atoms with van der Waals surface area (Å²) in [5, 5.41) is 8.14. The summed E-state index contributed by atoms with van der Waals surface area (Å²) in [6.07, 6.45) is 2.06. The Morgan fingerprint density at radius 3 is 2.58 bits per heavy atom. The molecular formula is C33H33N5O2. The minimum absolute atomic E-state index is 0.175. The molecule has 1 unspecified atom stereocenters. The number of benzene rings is 3. The molecule has 0 bridgehead atoms.